The number of rotatable bonds is 4. The van der Waals surface area contributed by atoms with E-state index in [0.29, 0.717) is 0 Å². The van der Waals surface area contributed by atoms with Gasteiger partial charge in [-0.05, 0) is 24.6 Å². The van der Waals surface area contributed by atoms with E-state index >= 15 is 0 Å². The van der Waals surface area contributed by atoms with E-state index in [4.69, 9.17) is 10.6 Å². The lowest BCUT2D eigenvalue weighted by Crippen LogP contribution is -2.29. The number of hydrogen-bond acceptors (Lipinski definition) is 4. The van der Waals surface area contributed by atoms with Crippen molar-refractivity contribution in [3.05, 3.63) is 47.0 Å². The maximum atomic E-state index is 13.8. The van der Waals surface area contributed by atoms with Crippen LogP contribution in [0.5, 0.6) is 5.75 Å². The van der Waals surface area contributed by atoms with E-state index in [1.54, 1.807) is 23.0 Å². The predicted molar refractivity (Wildman–Crippen MR) is 70.1 cm³/mol. The zero-order valence-corrected chi connectivity index (χ0v) is 11.1. The number of nitrogens with two attached hydrogens (primary N) is 1. The molecular weight excluding hydrogens is 247 g/mol. The number of methoxy groups -OCH3 is 1. The fourth-order valence-electron chi connectivity index (χ4n) is 2.03. The highest BCUT2D eigenvalue weighted by atomic mass is 19.1. The fraction of sp³-hybridized carbons (Fsp3) is 0.308. The van der Waals surface area contributed by atoms with Crippen molar-refractivity contribution in [2.75, 3.05) is 7.11 Å². The highest BCUT2D eigenvalue weighted by molar-refractivity contribution is 5.37. The summed E-state index contributed by atoms with van der Waals surface area (Å²) in [6.45, 7) is 1.94. The molecule has 0 aliphatic carbocycles. The van der Waals surface area contributed by atoms with E-state index in [-0.39, 0.29) is 11.8 Å². The summed E-state index contributed by atoms with van der Waals surface area (Å²) >= 11 is 0. The van der Waals surface area contributed by atoms with Crippen LogP contribution in [0.2, 0.25) is 0 Å². The highest BCUT2D eigenvalue weighted by Gasteiger charge is 2.18. The predicted octanol–water partition coefficient (Wildman–Crippen LogP) is 1.43. The van der Waals surface area contributed by atoms with Gasteiger partial charge < -0.3 is 4.74 Å². The molecule has 1 atom stereocenters. The number of aryl methyl sites for hydroxylation is 1. The smallest absolute Gasteiger partial charge is 0.165 e. The summed E-state index contributed by atoms with van der Waals surface area (Å²) in [5, 5.41) is 4.17. The number of halogens is 1. The first kappa shape index (κ1) is 13.5. The SMILES string of the molecule is COc1ccc(C(NN)c2cnn(C)c2C)cc1F. The van der Waals surface area contributed by atoms with Crippen LogP contribution in [0.4, 0.5) is 4.39 Å². The summed E-state index contributed by atoms with van der Waals surface area (Å²) in [5.41, 5.74) is 5.30. The average Bonchev–Trinajstić information content (AvgIpc) is 2.72. The van der Waals surface area contributed by atoms with E-state index in [0.717, 1.165) is 16.8 Å². The molecule has 0 fully saturated rings. The van der Waals surface area contributed by atoms with E-state index in [9.17, 15) is 4.39 Å². The number of aromatic nitrogens is 2. The third-order valence-electron chi connectivity index (χ3n) is 3.26. The normalized spacial score (nSPS) is 12.5. The number of hydrazine groups is 1. The molecule has 5 nitrogen and oxygen atoms in total. The van der Waals surface area contributed by atoms with Gasteiger partial charge in [-0.3, -0.25) is 10.5 Å². The fourth-order valence-corrected chi connectivity index (χ4v) is 2.03. The largest absolute Gasteiger partial charge is 0.494 e. The third kappa shape index (κ3) is 2.45. The average molecular weight is 264 g/mol. The lowest BCUT2D eigenvalue weighted by molar-refractivity contribution is 0.385. The Hall–Kier alpha value is -1.92. The zero-order chi connectivity index (χ0) is 14.0. The molecule has 2 aromatic rings. The van der Waals surface area contributed by atoms with Crippen molar-refractivity contribution in [1.82, 2.24) is 15.2 Å². The first-order chi connectivity index (χ1) is 9.08. The minimum absolute atomic E-state index is 0.211. The maximum Gasteiger partial charge on any atom is 0.165 e. The molecule has 1 aromatic heterocycles. The Kier molecular flexibility index (Phi) is 3.82. The molecule has 1 unspecified atom stereocenters. The Morgan fingerprint density at radius 1 is 1.47 bits per heavy atom. The van der Waals surface area contributed by atoms with Crippen LogP contribution in [0.15, 0.2) is 24.4 Å². The number of nitrogens with zero attached hydrogens (tertiary/aromatic N) is 2. The van der Waals surface area contributed by atoms with E-state index in [1.165, 1.54) is 13.2 Å². The molecule has 0 spiro atoms. The molecule has 3 N–H and O–H groups in total. The Morgan fingerprint density at radius 2 is 2.21 bits per heavy atom. The van der Waals surface area contributed by atoms with Gasteiger partial charge in [0.1, 0.15) is 0 Å². The number of nitrogens with one attached hydrogen (secondary N) is 1. The molecule has 0 bridgehead atoms. The van der Waals surface area contributed by atoms with Crippen molar-refractivity contribution in [2.24, 2.45) is 12.9 Å². The summed E-state index contributed by atoms with van der Waals surface area (Å²) in [5.74, 6) is 5.39. The molecule has 6 heteroatoms. The summed E-state index contributed by atoms with van der Waals surface area (Å²) in [6.07, 6.45) is 1.72. The van der Waals surface area contributed by atoms with Crippen molar-refractivity contribution >= 4 is 0 Å². The van der Waals surface area contributed by atoms with Crippen LogP contribution >= 0.6 is 0 Å². The van der Waals surface area contributed by atoms with Crippen LogP contribution in [0.25, 0.3) is 0 Å². The third-order valence-corrected chi connectivity index (χ3v) is 3.26. The summed E-state index contributed by atoms with van der Waals surface area (Å²) in [4.78, 5) is 0. The Labute approximate surface area is 111 Å². The minimum atomic E-state index is -0.415. The summed E-state index contributed by atoms with van der Waals surface area (Å²) in [7, 11) is 3.28. The summed E-state index contributed by atoms with van der Waals surface area (Å²) < 4.78 is 20.4. The van der Waals surface area contributed by atoms with Gasteiger partial charge in [0, 0.05) is 18.3 Å². The van der Waals surface area contributed by atoms with Gasteiger partial charge in [-0.15, -0.1) is 0 Å². The molecule has 0 aliphatic heterocycles. The molecule has 1 heterocycles. The molecule has 19 heavy (non-hydrogen) atoms. The second kappa shape index (κ2) is 5.38. The van der Waals surface area contributed by atoms with Crippen molar-refractivity contribution < 1.29 is 9.13 Å². The van der Waals surface area contributed by atoms with Crippen LogP contribution < -0.4 is 16.0 Å². The van der Waals surface area contributed by atoms with Crippen LogP contribution in [0.3, 0.4) is 0 Å². The number of ether oxygens (including phenoxy) is 1. The van der Waals surface area contributed by atoms with Gasteiger partial charge in [-0.25, -0.2) is 9.82 Å². The van der Waals surface area contributed by atoms with Gasteiger partial charge in [0.25, 0.3) is 0 Å². The van der Waals surface area contributed by atoms with Gasteiger partial charge >= 0.3 is 0 Å². The lowest BCUT2D eigenvalue weighted by atomic mass is 10.00. The zero-order valence-electron chi connectivity index (χ0n) is 11.1. The van der Waals surface area contributed by atoms with Crippen LogP contribution in [-0.2, 0) is 7.05 Å². The van der Waals surface area contributed by atoms with Gasteiger partial charge in [0.05, 0.1) is 19.3 Å². The van der Waals surface area contributed by atoms with Gasteiger partial charge in [-0.2, -0.15) is 5.10 Å². The first-order valence-corrected chi connectivity index (χ1v) is 5.86. The molecule has 2 rings (SSSR count). The Morgan fingerprint density at radius 3 is 2.68 bits per heavy atom. The molecule has 0 aliphatic rings. The van der Waals surface area contributed by atoms with Gasteiger partial charge in [0.2, 0.25) is 0 Å². The number of benzene rings is 1. The van der Waals surface area contributed by atoms with Crippen molar-refractivity contribution in [1.29, 1.82) is 0 Å². The van der Waals surface area contributed by atoms with Crippen LogP contribution in [-0.4, -0.2) is 16.9 Å². The lowest BCUT2D eigenvalue weighted by Gasteiger charge is -2.17. The second-order valence-corrected chi connectivity index (χ2v) is 4.30. The van der Waals surface area contributed by atoms with Crippen molar-refractivity contribution in [2.45, 2.75) is 13.0 Å². The Balaban J connectivity index is 2.42. The molecular formula is C13H17FN4O. The van der Waals surface area contributed by atoms with E-state index < -0.39 is 5.82 Å². The molecule has 0 radical (unpaired) electrons. The number of hydrogen-bond donors (Lipinski definition) is 2. The van der Waals surface area contributed by atoms with Gasteiger partial charge in [0.15, 0.2) is 11.6 Å². The highest BCUT2D eigenvalue weighted by Crippen LogP contribution is 2.27. The molecule has 0 saturated heterocycles. The molecule has 0 saturated carbocycles. The Bertz CT molecular complexity index is 582. The molecule has 102 valence electrons. The topological polar surface area (TPSA) is 65.1 Å². The van der Waals surface area contributed by atoms with Crippen molar-refractivity contribution in [3.8, 4) is 5.75 Å². The standard InChI is InChI=1S/C13H17FN4O/c1-8-10(7-16-18(8)2)13(17-15)9-4-5-12(19-3)11(14)6-9/h4-7,13,17H,15H2,1-3H3. The minimum Gasteiger partial charge on any atom is -0.494 e. The van der Waals surface area contributed by atoms with Gasteiger partial charge in [-0.1, -0.05) is 6.07 Å². The first-order valence-electron chi connectivity index (χ1n) is 5.86. The van der Waals surface area contributed by atoms with Crippen LogP contribution in [0.1, 0.15) is 22.9 Å². The quantitative estimate of drug-likeness (QED) is 0.647. The van der Waals surface area contributed by atoms with E-state index in [1.807, 2.05) is 14.0 Å². The van der Waals surface area contributed by atoms with Crippen LogP contribution in [0, 0.1) is 12.7 Å². The molecule has 1 aromatic carbocycles. The van der Waals surface area contributed by atoms with Crippen molar-refractivity contribution in [3.63, 3.8) is 0 Å². The summed E-state index contributed by atoms with van der Waals surface area (Å²) in [6, 6.07) is 4.46. The maximum absolute atomic E-state index is 13.8. The molecule has 0 amide bonds. The monoisotopic (exact) mass is 264 g/mol. The van der Waals surface area contributed by atoms with E-state index in [2.05, 4.69) is 10.5 Å². The second-order valence-electron chi connectivity index (χ2n) is 4.30.